The lowest BCUT2D eigenvalue weighted by Crippen LogP contribution is -2.50. The first-order valence-corrected chi connectivity index (χ1v) is 24.2. The third kappa shape index (κ3) is 41.6. The highest BCUT2D eigenvalue weighted by Crippen LogP contribution is 2.14. The van der Waals surface area contributed by atoms with Crippen molar-refractivity contribution in [2.24, 2.45) is 0 Å². The average molecular weight is 853 g/mol. The molecule has 0 rings (SSSR count). The van der Waals surface area contributed by atoms with Gasteiger partial charge in [-0.05, 0) is 57.8 Å². The van der Waals surface area contributed by atoms with Gasteiger partial charge in [0.1, 0.15) is 6.61 Å². The van der Waals surface area contributed by atoms with Crippen molar-refractivity contribution < 1.29 is 38.2 Å². The van der Waals surface area contributed by atoms with Crippen LogP contribution in [0.3, 0.4) is 0 Å². The van der Waals surface area contributed by atoms with E-state index >= 15 is 0 Å². The predicted molar refractivity (Wildman–Crippen MR) is 256 cm³/mol. The van der Waals surface area contributed by atoms with Crippen LogP contribution in [-0.2, 0) is 28.6 Å². The molecule has 0 amide bonds. The third-order valence-corrected chi connectivity index (χ3v) is 10.4. The Morgan fingerprint density at radius 1 is 0.508 bits per heavy atom. The van der Waals surface area contributed by atoms with Gasteiger partial charge in [0.15, 0.2) is 12.1 Å². The molecule has 0 aliphatic heterocycles. The van der Waals surface area contributed by atoms with Crippen molar-refractivity contribution in [3.05, 3.63) is 85.1 Å². The van der Waals surface area contributed by atoms with Crippen molar-refractivity contribution >= 4 is 17.9 Å². The first-order chi connectivity index (χ1) is 29.6. The first-order valence-electron chi connectivity index (χ1n) is 24.2. The van der Waals surface area contributed by atoms with E-state index in [0.29, 0.717) is 19.3 Å². The number of ether oxygens (including phenoxy) is 3. The summed E-state index contributed by atoms with van der Waals surface area (Å²) in [7, 11) is 5.51. The number of hydrogen-bond donors (Lipinski definition) is 1. The minimum atomic E-state index is -0.885. The van der Waals surface area contributed by atoms with E-state index in [0.717, 1.165) is 51.4 Å². The van der Waals surface area contributed by atoms with E-state index in [-0.39, 0.29) is 36.2 Å². The van der Waals surface area contributed by atoms with Gasteiger partial charge in [-0.15, -0.1) is 0 Å². The van der Waals surface area contributed by atoms with Gasteiger partial charge in [-0.2, -0.15) is 0 Å². The second-order valence-corrected chi connectivity index (χ2v) is 17.1. The fourth-order valence-corrected chi connectivity index (χ4v) is 6.71. The summed E-state index contributed by atoms with van der Waals surface area (Å²) >= 11 is 0. The SMILES string of the molecule is CC/C=C/C=C/C=C/C=C/C=C/C=C/CCCCCC(=O)OCC(COCCC(C(=O)O)[N+](C)(C)C)OC(=O)CCCCCCCCC/C=C/CCCCCCCCCCC. The van der Waals surface area contributed by atoms with Crippen molar-refractivity contribution in [1.29, 1.82) is 0 Å². The molecule has 0 fully saturated rings. The molecule has 1 N–H and O–H groups in total. The molecule has 0 aliphatic carbocycles. The van der Waals surface area contributed by atoms with Crippen LogP contribution in [0.5, 0.6) is 0 Å². The summed E-state index contributed by atoms with van der Waals surface area (Å²) in [6, 6.07) is -0.627. The van der Waals surface area contributed by atoms with Gasteiger partial charge in [0.2, 0.25) is 0 Å². The van der Waals surface area contributed by atoms with Crippen LogP contribution in [0, 0.1) is 0 Å². The number of esters is 2. The summed E-state index contributed by atoms with van der Waals surface area (Å²) in [5.41, 5.74) is 0. The number of nitrogens with zero attached hydrogens (tertiary/aromatic N) is 1. The Labute approximate surface area is 373 Å². The lowest BCUT2D eigenvalue weighted by Gasteiger charge is -2.31. The minimum Gasteiger partial charge on any atom is -0.477 e. The Kier molecular flexibility index (Phi) is 40.7. The second kappa shape index (κ2) is 43.2. The van der Waals surface area contributed by atoms with Crippen molar-refractivity contribution in [1.82, 2.24) is 0 Å². The topological polar surface area (TPSA) is 99.1 Å². The molecule has 0 aliphatic rings. The smallest absolute Gasteiger partial charge is 0.362 e. The highest BCUT2D eigenvalue weighted by Gasteiger charge is 2.31. The molecule has 8 heteroatoms. The average Bonchev–Trinajstić information content (AvgIpc) is 3.22. The van der Waals surface area contributed by atoms with Gasteiger partial charge in [-0.1, -0.05) is 189 Å². The van der Waals surface area contributed by atoms with E-state index in [1.807, 2.05) is 81.9 Å². The molecule has 0 saturated carbocycles. The van der Waals surface area contributed by atoms with Crippen molar-refractivity contribution in [2.75, 3.05) is 41.0 Å². The van der Waals surface area contributed by atoms with Crippen LogP contribution in [0.2, 0.25) is 0 Å². The molecular weight excluding hydrogens is 763 g/mol. The van der Waals surface area contributed by atoms with Crippen LogP contribution in [-0.4, -0.2) is 80.6 Å². The van der Waals surface area contributed by atoms with Gasteiger partial charge in [0, 0.05) is 19.3 Å². The van der Waals surface area contributed by atoms with Gasteiger partial charge in [0.25, 0.3) is 0 Å². The fourth-order valence-electron chi connectivity index (χ4n) is 6.71. The van der Waals surface area contributed by atoms with Gasteiger partial charge in [-0.3, -0.25) is 9.59 Å². The molecule has 0 heterocycles. The standard InChI is InChI=1S/C53H89NO7/c1-6-8-10-12-14-16-18-20-22-24-25-26-28-30-32-34-36-38-40-42-44-52(56)61-49(47-59-46-45-50(53(57)58)54(3,4)5)48-60-51(55)43-41-39-37-35-33-31-29-27-23-21-19-17-15-13-11-9-7-2/h9,11,13,15,17,19,21,23,25-27,29,31,33,49-50H,6-8,10,12,14,16,18,20,22,24,28,30,32,34-48H2,1-5H3/p+1/b11-9+,15-13+,19-17+,23-21+,26-25+,29-27+,33-31+. The van der Waals surface area contributed by atoms with Crippen LogP contribution in [0.15, 0.2) is 85.1 Å². The molecule has 0 aromatic rings. The molecule has 0 bridgehead atoms. The van der Waals surface area contributed by atoms with E-state index in [1.165, 1.54) is 96.3 Å². The van der Waals surface area contributed by atoms with E-state index in [4.69, 9.17) is 14.2 Å². The Morgan fingerprint density at radius 2 is 0.934 bits per heavy atom. The summed E-state index contributed by atoms with van der Waals surface area (Å²) in [5.74, 6) is -1.54. The number of likely N-dealkylation sites (N-methyl/N-ethyl adjacent to an activating group) is 1. The summed E-state index contributed by atoms with van der Waals surface area (Å²) < 4.78 is 17.3. The monoisotopic (exact) mass is 853 g/mol. The van der Waals surface area contributed by atoms with Crippen LogP contribution in [0.4, 0.5) is 0 Å². The van der Waals surface area contributed by atoms with Gasteiger partial charge >= 0.3 is 17.9 Å². The minimum absolute atomic E-state index is 0.0402. The number of carbonyl (C=O) groups excluding carboxylic acids is 2. The Hall–Kier alpha value is -3.49. The summed E-state index contributed by atoms with van der Waals surface area (Å²) in [4.78, 5) is 37.1. The maximum atomic E-state index is 12.8. The molecule has 0 aromatic carbocycles. The largest absolute Gasteiger partial charge is 0.477 e. The predicted octanol–water partition coefficient (Wildman–Crippen LogP) is 13.7. The number of carboxylic acids is 1. The lowest BCUT2D eigenvalue weighted by molar-refractivity contribution is -0.887. The number of unbranched alkanes of at least 4 members (excludes halogenated alkanes) is 19. The van der Waals surface area contributed by atoms with Crippen LogP contribution < -0.4 is 0 Å². The molecule has 0 saturated heterocycles. The number of carboxylic acid groups (broad SMARTS) is 1. The number of carbonyl (C=O) groups is 3. The summed E-state index contributed by atoms with van der Waals surface area (Å²) in [6.45, 7) is 4.54. The number of hydrogen-bond acceptors (Lipinski definition) is 6. The first kappa shape index (κ1) is 57.5. The molecule has 0 spiro atoms. The molecule has 0 aromatic heterocycles. The summed E-state index contributed by atoms with van der Waals surface area (Å²) in [6.07, 6.45) is 56.3. The number of aliphatic carboxylic acids is 1. The van der Waals surface area contributed by atoms with Crippen molar-refractivity contribution in [3.63, 3.8) is 0 Å². The van der Waals surface area contributed by atoms with Crippen molar-refractivity contribution in [3.8, 4) is 0 Å². The van der Waals surface area contributed by atoms with Gasteiger partial charge < -0.3 is 23.8 Å². The molecule has 348 valence electrons. The third-order valence-electron chi connectivity index (χ3n) is 10.4. The fraction of sp³-hybridized carbons (Fsp3) is 0.679. The number of quaternary nitrogens is 1. The molecular formula is C53H90NO7+. The van der Waals surface area contributed by atoms with Gasteiger partial charge in [-0.25, -0.2) is 4.79 Å². The van der Waals surface area contributed by atoms with Crippen molar-refractivity contribution in [2.45, 2.75) is 193 Å². The number of allylic oxidation sites excluding steroid dienone is 14. The van der Waals surface area contributed by atoms with E-state index in [2.05, 4.69) is 38.2 Å². The van der Waals surface area contributed by atoms with E-state index in [1.54, 1.807) is 0 Å². The van der Waals surface area contributed by atoms with E-state index < -0.39 is 18.1 Å². The molecule has 61 heavy (non-hydrogen) atoms. The zero-order valence-electron chi connectivity index (χ0n) is 39.6. The molecule has 8 nitrogen and oxygen atoms in total. The Bertz CT molecular complexity index is 1270. The lowest BCUT2D eigenvalue weighted by atomic mass is 10.1. The Morgan fingerprint density at radius 3 is 1.43 bits per heavy atom. The van der Waals surface area contributed by atoms with Crippen LogP contribution in [0.25, 0.3) is 0 Å². The normalized spacial score (nSPS) is 13.7. The molecule has 2 unspecified atom stereocenters. The maximum absolute atomic E-state index is 12.8. The number of rotatable bonds is 42. The maximum Gasteiger partial charge on any atom is 0.362 e. The highest BCUT2D eigenvalue weighted by molar-refractivity contribution is 5.72. The zero-order chi connectivity index (χ0) is 44.9. The van der Waals surface area contributed by atoms with Crippen LogP contribution in [0.1, 0.15) is 181 Å². The second-order valence-electron chi connectivity index (χ2n) is 17.1. The zero-order valence-corrected chi connectivity index (χ0v) is 39.6. The molecule has 2 atom stereocenters. The quantitative estimate of drug-likeness (QED) is 0.0215. The van der Waals surface area contributed by atoms with E-state index in [9.17, 15) is 19.5 Å². The summed E-state index contributed by atoms with van der Waals surface area (Å²) in [5, 5.41) is 9.64. The van der Waals surface area contributed by atoms with Crippen LogP contribution >= 0.6 is 0 Å². The Balaban J connectivity index is 4.38. The molecule has 0 radical (unpaired) electrons. The highest BCUT2D eigenvalue weighted by atomic mass is 16.6. The van der Waals surface area contributed by atoms with Gasteiger partial charge in [0.05, 0.1) is 34.4 Å².